The predicted molar refractivity (Wildman–Crippen MR) is 81.1 cm³/mol. The summed E-state index contributed by atoms with van der Waals surface area (Å²) in [4.78, 5) is 2.46. The van der Waals surface area contributed by atoms with Gasteiger partial charge in [0, 0.05) is 13.1 Å². The van der Waals surface area contributed by atoms with Gasteiger partial charge < -0.3 is 15.0 Å². The van der Waals surface area contributed by atoms with Gasteiger partial charge in [-0.15, -0.1) is 0 Å². The number of hydrogen-bond acceptors (Lipinski definition) is 3. The second-order valence-corrected chi connectivity index (χ2v) is 5.61. The molecule has 1 N–H and O–H groups in total. The Morgan fingerprint density at radius 3 is 3.00 bits per heavy atom. The zero-order chi connectivity index (χ0) is 13.5. The van der Waals surface area contributed by atoms with Crippen molar-refractivity contribution in [1.82, 2.24) is 5.32 Å². The lowest BCUT2D eigenvalue weighted by molar-refractivity contribution is 0.322. The molecule has 0 amide bonds. The third kappa shape index (κ3) is 4.43. The van der Waals surface area contributed by atoms with E-state index < -0.39 is 0 Å². The fraction of sp³-hybridized carbons (Fsp3) is 0.625. The molecule has 0 saturated heterocycles. The van der Waals surface area contributed by atoms with Gasteiger partial charge in [0.05, 0.1) is 12.3 Å². The maximum Gasteiger partial charge on any atom is 0.142 e. The summed E-state index contributed by atoms with van der Waals surface area (Å²) in [6.07, 6.45) is 2.29. The van der Waals surface area contributed by atoms with E-state index in [9.17, 15) is 0 Å². The Morgan fingerprint density at radius 2 is 2.16 bits per heavy atom. The van der Waals surface area contributed by atoms with Crippen LogP contribution in [0.2, 0.25) is 0 Å². The number of anilines is 1. The second kappa shape index (κ2) is 7.39. The van der Waals surface area contributed by atoms with Crippen LogP contribution in [0.1, 0.15) is 26.7 Å². The zero-order valence-corrected chi connectivity index (χ0v) is 12.2. The Bertz CT molecular complexity index is 379. The molecule has 106 valence electrons. The highest BCUT2D eigenvalue weighted by molar-refractivity contribution is 5.58. The number of benzene rings is 1. The largest absolute Gasteiger partial charge is 0.491 e. The van der Waals surface area contributed by atoms with E-state index in [0.717, 1.165) is 50.9 Å². The summed E-state index contributed by atoms with van der Waals surface area (Å²) in [5, 5.41) is 3.51. The Morgan fingerprint density at radius 1 is 1.32 bits per heavy atom. The molecule has 0 spiro atoms. The number of hydrogen-bond donors (Lipinski definition) is 1. The number of ether oxygens (including phenoxy) is 1. The molecule has 1 aromatic rings. The van der Waals surface area contributed by atoms with Crippen molar-refractivity contribution < 1.29 is 4.74 Å². The van der Waals surface area contributed by atoms with Crippen molar-refractivity contribution in [2.75, 3.05) is 37.7 Å². The van der Waals surface area contributed by atoms with Gasteiger partial charge in [-0.25, -0.2) is 0 Å². The first-order valence-corrected chi connectivity index (χ1v) is 7.45. The van der Waals surface area contributed by atoms with Gasteiger partial charge in [-0.3, -0.25) is 0 Å². The first-order chi connectivity index (χ1) is 9.27. The molecular weight excluding hydrogens is 236 g/mol. The van der Waals surface area contributed by atoms with Crippen molar-refractivity contribution in [2.24, 2.45) is 5.92 Å². The summed E-state index contributed by atoms with van der Waals surface area (Å²) >= 11 is 0. The Balaban J connectivity index is 1.83. The summed E-state index contributed by atoms with van der Waals surface area (Å²) in [6.45, 7) is 9.73. The highest BCUT2D eigenvalue weighted by Crippen LogP contribution is 2.30. The molecule has 2 rings (SSSR count). The molecule has 0 bridgehead atoms. The highest BCUT2D eigenvalue weighted by atomic mass is 16.5. The van der Waals surface area contributed by atoms with Gasteiger partial charge in [-0.2, -0.15) is 0 Å². The van der Waals surface area contributed by atoms with Crippen LogP contribution in [0.5, 0.6) is 5.75 Å². The Kier molecular flexibility index (Phi) is 5.52. The van der Waals surface area contributed by atoms with Crippen molar-refractivity contribution in [1.29, 1.82) is 0 Å². The standard InChI is InChI=1S/C16H26N2O/c1-14(2)13-17-9-5-10-18-11-6-12-19-16-8-4-3-7-15(16)18/h3-4,7-8,14,17H,5-6,9-13H2,1-2H3. The molecule has 19 heavy (non-hydrogen) atoms. The van der Waals surface area contributed by atoms with Gasteiger partial charge in [0.15, 0.2) is 0 Å². The summed E-state index contributed by atoms with van der Waals surface area (Å²) < 4.78 is 5.78. The van der Waals surface area contributed by atoms with Crippen LogP contribution < -0.4 is 15.0 Å². The smallest absolute Gasteiger partial charge is 0.142 e. The molecule has 0 saturated carbocycles. The highest BCUT2D eigenvalue weighted by Gasteiger charge is 2.14. The fourth-order valence-electron chi connectivity index (χ4n) is 2.42. The lowest BCUT2D eigenvalue weighted by Crippen LogP contribution is -2.29. The zero-order valence-electron chi connectivity index (χ0n) is 12.2. The molecule has 0 radical (unpaired) electrons. The van der Waals surface area contributed by atoms with E-state index in [4.69, 9.17) is 4.74 Å². The number of para-hydroxylation sites is 2. The van der Waals surface area contributed by atoms with Crippen LogP contribution in [-0.2, 0) is 0 Å². The molecular formula is C16H26N2O. The normalized spacial score (nSPS) is 15.0. The molecule has 0 aliphatic carbocycles. The van der Waals surface area contributed by atoms with E-state index in [-0.39, 0.29) is 0 Å². The summed E-state index contributed by atoms with van der Waals surface area (Å²) in [6, 6.07) is 8.39. The summed E-state index contributed by atoms with van der Waals surface area (Å²) in [7, 11) is 0. The van der Waals surface area contributed by atoms with E-state index in [0.29, 0.717) is 0 Å². The van der Waals surface area contributed by atoms with Crippen molar-refractivity contribution in [3.05, 3.63) is 24.3 Å². The van der Waals surface area contributed by atoms with Gasteiger partial charge in [-0.1, -0.05) is 26.0 Å². The molecule has 1 aromatic carbocycles. The minimum absolute atomic E-state index is 0.729. The molecule has 3 heteroatoms. The van der Waals surface area contributed by atoms with Gasteiger partial charge in [0.1, 0.15) is 5.75 Å². The Labute approximate surface area is 116 Å². The maximum atomic E-state index is 5.78. The predicted octanol–water partition coefficient (Wildman–Crippen LogP) is 2.91. The van der Waals surface area contributed by atoms with E-state index in [1.54, 1.807) is 0 Å². The second-order valence-electron chi connectivity index (χ2n) is 5.61. The number of nitrogens with zero attached hydrogens (tertiary/aromatic N) is 1. The van der Waals surface area contributed by atoms with Crippen molar-refractivity contribution in [3.8, 4) is 5.75 Å². The molecule has 0 fully saturated rings. The monoisotopic (exact) mass is 262 g/mol. The summed E-state index contributed by atoms with van der Waals surface area (Å²) in [5.41, 5.74) is 1.25. The number of rotatable bonds is 6. The average Bonchev–Trinajstić information content (AvgIpc) is 2.61. The molecule has 1 heterocycles. The topological polar surface area (TPSA) is 24.5 Å². The van der Waals surface area contributed by atoms with Crippen molar-refractivity contribution in [3.63, 3.8) is 0 Å². The number of fused-ring (bicyclic) bond motifs is 1. The van der Waals surface area contributed by atoms with Crippen LogP contribution in [-0.4, -0.2) is 32.8 Å². The van der Waals surface area contributed by atoms with E-state index in [2.05, 4.69) is 42.3 Å². The first kappa shape index (κ1) is 14.2. The third-order valence-electron chi connectivity index (χ3n) is 3.37. The van der Waals surface area contributed by atoms with Gasteiger partial charge in [-0.05, 0) is 44.0 Å². The van der Waals surface area contributed by atoms with E-state index in [1.165, 1.54) is 12.1 Å². The van der Waals surface area contributed by atoms with Gasteiger partial charge in [0.2, 0.25) is 0 Å². The van der Waals surface area contributed by atoms with Crippen LogP contribution in [0, 0.1) is 5.92 Å². The molecule has 0 unspecified atom stereocenters. The van der Waals surface area contributed by atoms with Crippen molar-refractivity contribution >= 4 is 5.69 Å². The Hall–Kier alpha value is -1.22. The van der Waals surface area contributed by atoms with Crippen LogP contribution in [0.25, 0.3) is 0 Å². The van der Waals surface area contributed by atoms with Gasteiger partial charge >= 0.3 is 0 Å². The fourth-order valence-corrected chi connectivity index (χ4v) is 2.42. The molecule has 1 aliphatic rings. The maximum absolute atomic E-state index is 5.78. The van der Waals surface area contributed by atoms with Crippen LogP contribution >= 0.6 is 0 Å². The number of nitrogens with one attached hydrogen (secondary N) is 1. The molecule has 3 nitrogen and oxygen atoms in total. The quantitative estimate of drug-likeness (QED) is 0.798. The lowest BCUT2D eigenvalue weighted by atomic mass is 10.2. The minimum atomic E-state index is 0.729. The SMILES string of the molecule is CC(C)CNCCCN1CCCOc2ccccc21. The molecule has 1 aliphatic heterocycles. The molecule has 0 aromatic heterocycles. The first-order valence-electron chi connectivity index (χ1n) is 7.45. The summed E-state index contributed by atoms with van der Waals surface area (Å²) in [5.74, 6) is 1.77. The van der Waals surface area contributed by atoms with Crippen molar-refractivity contribution in [2.45, 2.75) is 26.7 Å². The van der Waals surface area contributed by atoms with E-state index in [1.807, 2.05) is 6.07 Å². The van der Waals surface area contributed by atoms with Crippen LogP contribution in [0.15, 0.2) is 24.3 Å². The van der Waals surface area contributed by atoms with E-state index >= 15 is 0 Å². The average molecular weight is 262 g/mol. The van der Waals surface area contributed by atoms with Crippen LogP contribution in [0.3, 0.4) is 0 Å². The van der Waals surface area contributed by atoms with Gasteiger partial charge in [0.25, 0.3) is 0 Å². The lowest BCUT2D eigenvalue weighted by Gasteiger charge is -2.23. The van der Waals surface area contributed by atoms with Crippen LogP contribution in [0.4, 0.5) is 5.69 Å². The third-order valence-corrected chi connectivity index (χ3v) is 3.37. The minimum Gasteiger partial charge on any atom is -0.491 e. The molecule has 0 atom stereocenters.